The maximum Gasteiger partial charge on any atom is 0.295 e. The van der Waals surface area contributed by atoms with Gasteiger partial charge in [0.1, 0.15) is 5.52 Å². The molecule has 8 nitrogen and oxygen atoms in total. The van der Waals surface area contributed by atoms with Gasteiger partial charge in [0.15, 0.2) is 5.58 Å². The van der Waals surface area contributed by atoms with Gasteiger partial charge in [0, 0.05) is 51.4 Å². The molecular weight excluding hydrogens is 274 g/mol. The first kappa shape index (κ1) is 13.8. The first-order chi connectivity index (χ1) is 10.2. The molecule has 2 N–H and O–H groups in total. The van der Waals surface area contributed by atoms with Gasteiger partial charge in [0.2, 0.25) is 0 Å². The lowest BCUT2D eigenvalue weighted by molar-refractivity contribution is -0.384. The van der Waals surface area contributed by atoms with E-state index in [1.165, 1.54) is 12.1 Å². The lowest BCUT2D eigenvalue weighted by Gasteiger charge is -2.26. The van der Waals surface area contributed by atoms with Crippen LogP contribution in [0.4, 0.5) is 11.7 Å². The first-order valence-electron chi connectivity index (χ1n) is 6.94. The lowest BCUT2D eigenvalue weighted by Crippen LogP contribution is -2.45. The summed E-state index contributed by atoms with van der Waals surface area (Å²) >= 11 is 0. The van der Waals surface area contributed by atoms with E-state index in [2.05, 4.69) is 20.5 Å². The van der Waals surface area contributed by atoms with Crippen LogP contribution in [-0.4, -0.2) is 54.1 Å². The molecular formula is C13H17N5O3. The quantitative estimate of drug-likeness (QED) is 0.628. The summed E-state index contributed by atoms with van der Waals surface area (Å²) in [5, 5.41) is 17.1. The van der Waals surface area contributed by atoms with Crippen LogP contribution in [0, 0.1) is 10.1 Å². The van der Waals surface area contributed by atoms with Crippen molar-refractivity contribution in [3.8, 4) is 0 Å². The lowest BCUT2D eigenvalue weighted by atomic mass is 10.3. The van der Waals surface area contributed by atoms with Gasteiger partial charge in [0.05, 0.1) is 4.92 Å². The Kier molecular flexibility index (Phi) is 3.98. The fraction of sp³-hybridized carbons (Fsp3) is 0.462. The number of benzene rings is 1. The van der Waals surface area contributed by atoms with Crippen molar-refractivity contribution < 1.29 is 9.34 Å². The topological polar surface area (TPSA) is 96.5 Å². The highest BCUT2D eigenvalue weighted by Gasteiger charge is 2.12. The van der Waals surface area contributed by atoms with E-state index < -0.39 is 4.92 Å². The number of nitrogens with one attached hydrogen (secondary N) is 2. The van der Waals surface area contributed by atoms with Crippen LogP contribution in [0.1, 0.15) is 0 Å². The minimum atomic E-state index is -0.439. The summed E-state index contributed by atoms with van der Waals surface area (Å²) in [5.74, 6) is 0. The Labute approximate surface area is 121 Å². The van der Waals surface area contributed by atoms with E-state index in [1.54, 1.807) is 6.07 Å². The highest BCUT2D eigenvalue weighted by molar-refractivity contribution is 5.77. The molecule has 8 heteroatoms. The molecule has 21 heavy (non-hydrogen) atoms. The highest BCUT2D eigenvalue weighted by Crippen LogP contribution is 2.23. The molecule has 1 saturated heterocycles. The van der Waals surface area contributed by atoms with Crippen molar-refractivity contribution in [2.75, 3.05) is 44.6 Å². The highest BCUT2D eigenvalue weighted by atomic mass is 16.6. The van der Waals surface area contributed by atoms with Crippen molar-refractivity contribution >= 4 is 22.8 Å². The second kappa shape index (κ2) is 6.06. The van der Waals surface area contributed by atoms with Gasteiger partial charge >= 0.3 is 0 Å². The average molecular weight is 291 g/mol. The van der Waals surface area contributed by atoms with Crippen LogP contribution in [0.2, 0.25) is 0 Å². The average Bonchev–Trinajstić information content (AvgIpc) is 2.90. The summed E-state index contributed by atoms with van der Waals surface area (Å²) in [6.45, 7) is 5.78. The molecule has 1 aliphatic rings. The number of anilines is 1. The van der Waals surface area contributed by atoms with Gasteiger partial charge in [-0.25, -0.2) is 0 Å². The number of nitro benzene ring substituents is 1. The molecule has 0 spiro atoms. The molecule has 0 unspecified atom stereocenters. The van der Waals surface area contributed by atoms with E-state index in [-0.39, 0.29) is 5.69 Å². The smallest absolute Gasteiger partial charge is 0.295 e. The van der Waals surface area contributed by atoms with Crippen LogP contribution in [0.25, 0.3) is 11.1 Å². The van der Waals surface area contributed by atoms with Crippen LogP contribution >= 0.6 is 0 Å². The van der Waals surface area contributed by atoms with Gasteiger partial charge in [-0.3, -0.25) is 15.0 Å². The fourth-order valence-corrected chi connectivity index (χ4v) is 2.36. The third-order valence-electron chi connectivity index (χ3n) is 3.50. The zero-order valence-corrected chi connectivity index (χ0v) is 11.5. The second-order valence-corrected chi connectivity index (χ2v) is 4.95. The number of aromatic nitrogens is 1. The fourth-order valence-electron chi connectivity index (χ4n) is 2.36. The van der Waals surface area contributed by atoms with Gasteiger partial charge in [-0.05, 0) is 6.07 Å². The molecule has 1 aliphatic heterocycles. The van der Waals surface area contributed by atoms with E-state index >= 15 is 0 Å². The van der Waals surface area contributed by atoms with Gasteiger partial charge in [-0.2, -0.15) is 4.98 Å². The summed E-state index contributed by atoms with van der Waals surface area (Å²) in [4.78, 5) is 16.9. The summed E-state index contributed by atoms with van der Waals surface area (Å²) in [5.41, 5.74) is 1.06. The van der Waals surface area contributed by atoms with E-state index in [1.807, 2.05) is 0 Å². The number of rotatable bonds is 5. The molecule has 0 aliphatic carbocycles. The van der Waals surface area contributed by atoms with E-state index in [0.717, 1.165) is 39.3 Å². The van der Waals surface area contributed by atoms with Crippen LogP contribution in [0.15, 0.2) is 22.6 Å². The van der Waals surface area contributed by atoms with Gasteiger partial charge in [-0.1, -0.05) is 0 Å². The number of hydrogen-bond acceptors (Lipinski definition) is 7. The van der Waals surface area contributed by atoms with Crippen LogP contribution in [0.5, 0.6) is 0 Å². The standard InChI is InChI=1S/C13H17N5O3/c19-18(20)10-1-2-12-11(9-10)16-13(21-12)15-5-8-17-6-3-14-4-7-17/h1-2,9,14H,3-8H2,(H,15,16). The molecule has 1 fully saturated rings. The SMILES string of the molecule is O=[N+]([O-])c1ccc2oc(NCCN3CCNCC3)nc2c1. The zero-order chi connectivity index (χ0) is 14.7. The first-order valence-corrected chi connectivity index (χ1v) is 6.94. The van der Waals surface area contributed by atoms with Gasteiger partial charge < -0.3 is 15.1 Å². The molecule has 1 aromatic heterocycles. The summed E-state index contributed by atoms with van der Waals surface area (Å²) in [6.07, 6.45) is 0. The van der Waals surface area contributed by atoms with Crippen molar-refractivity contribution in [1.29, 1.82) is 0 Å². The van der Waals surface area contributed by atoms with Crippen LogP contribution < -0.4 is 10.6 Å². The molecule has 2 heterocycles. The van der Waals surface area contributed by atoms with Crippen LogP contribution in [-0.2, 0) is 0 Å². The van der Waals surface area contributed by atoms with Crippen molar-refractivity contribution in [3.05, 3.63) is 28.3 Å². The van der Waals surface area contributed by atoms with Crippen LogP contribution in [0.3, 0.4) is 0 Å². The van der Waals surface area contributed by atoms with Crippen molar-refractivity contribution in [2.24, 2.45) is 0 Å². The molecule has 1 aromatic carbocycles. The predicted molar refractivity (Wildman–Crippen MR) is 78.5 cm³/mol. The Hall–Kier alpha value is -2.19. The molecule has 0 atom stereocenters. The number of piperazine rings is 1. The monoisotopic (exact) mass is 291 g/mol. The maximum atomic E-state index is 10.7. The largest absolute Gasteiger partial charge is 0.424 e. The minimum absolute atomic E-state index is 0.0168. The molecule has 0 saturated carbocycles. The number of oxazole rings is 1. The number of fused-ring (bicyclic) bond motifs is 1. The molecule has 0 amide bonds. The van der Waals surface area contributed by atoms with Gasteiger partial charge in [0.25, 0.3) is 11.7 Å². The van der Waals surface area contributed by atoms with Crippen molar-refractivity contribution in [2.45, 2.75) is 0 Å². The predicted octanol–water partition coefficient (Wildman–Crippen LogP) is 1.05. The second-order valence-electron chi connectivity index (χ2n) is 4.95. The summed E-state index contributed by atoms with van der Waals surface area (Å²) in [7, 11) is 0. The van der Waals surface area contributed by atoms with Gasteiger partial charge in [-0.15, -0.1) is 0 Å². The third kappa shape index (κ3) is 3.29. The number of non-ortho nitro benzene ring substituents is 1. The minimum Gasteiger partial charge on any atom is -0.424 e. The van der Waals surface area contributed by atoms with Crippen molar-refractivity contribution in [1.82, 2.24) is 15.2 Å². The van der Waals surface area contributed by atoms with E-state index in [0.29, 0.717) is 17.1 Å². The Morgan fingerprint density at radius 3 is 3.00 bits per heavy atom. The van der Waals surface area contributed by atoms with E-state index in [4.69, 9.17) is 4.42 Å². The zero-order valence-electron chi connectivity index (χ0n) is 11.5. The molecule has 0 radical (unpaired) electrons. The van der Waals surface area contributed by atoms with Crippen molar-refractivity contribution in [3.63, 3.8) is 0 Å². The summed E-state index contributed by atoms with van der Waals surface area (Å²) < 4.78 is 5.52. The Bertz CT molecular complexity index is 636. The Balaban J connectivity index is 1.60. The molecule has 0 bridgehead atoms. The maximum absolute atomic E-state index is 10.7. The Morgan fingerprint density at radius 1 is 1.43 bits per heavy atom. The number of nitro groups is 1. The summed E-state index contributed by atoms with van der Waals surface area (Å²) in [6, 6.07) is 4.81. The normalized spacial score (nSPS) is 16.2. The van der Waals surface area contributed by atoms with E-state index in [9.17, 15) is 10.1 Å². The third-order valence-corrected chi connectivity index (χ3v) is 3.50. The molecule has 2 aromatic rings. The Morgan fingerprint density at radius 2 is 2.24 bits per heavy atom. The number of nitrogens with zero attached hydrogens (tertiary/aromatic N) is 3. The molecule has 112 valence electrons. The number of hydrogen-bond donors (Lipinski definition) is 2. The molecule has 3 rings (SSSR count).